The number of nitrogens with zero attached hydrogens (tertiary/aromatic N) is 2. The Balaban J connectivity index is 2.00. The molecule has 2 aromatic heterocycles. The molecule has 1 atom stereocenters. The minimum absolute atomic E-state index is 0.112. The van der Waals surface area contributed by atoms with Crippen LogP contribution in [0.1, 0.15) is 41.3 Å². The highest BCUT2D eigenvalue weighted by Crippen LogP contribution is 2.29. The van der Waals surface area contributed by atoms with Crippen molar-refractivity contribution in [2.45, 2.75) is 46.3 Å². The molecule has 0 bridgehead atoms. The lowest BCUT2D eigenvalue weighted by molar-refractivity contribution is -0.153. The van der Waals surface area contributed by atoms with Crippen LogP contribution in [0.3, 0.4) is 0 Å². The lowest BCUT2D eigenvalue weighted by Gasteiger charge is -2.18. The van der Waals surface area contributed by atoms with Gasteiger partial charge in [-0.25, -0.2) is 14.6 Å². The van der Waals surface area contributed by atoms with Crippen LogP contribution in [0.4, 0.5) is 0 Å². The first-order valence-corrected chi connectivity index (χ1v) is 8.98. The molecule has 2 aromatic rings. The average molecular weight is 364 g/mol. The number of fused-ring (bicyclic) bond motifs is 2. The number of hydrogen-bond acceptors (Lipinski definition) is 7. The Hall–Kier alpha value is -2.22. The Morgan fingerprint density at radius 2 is 2.04 bits per heavy atom. The van der Waals surface area contributed by atoms with Gasteiger partial charge in [0.1, 0.15) is 15.5 Å². The van der Waals surface area contributed by atoms with Gasteiger partial charge in [-0.05, 0) is 18.9 Å². The van der Waals surface area contributed by atoms with Crippen molar-refractivity contribution >= 4 is 33.5 Å². The van der Waals surface area contributed by atoms with E-state index in [1.807, 2.05) is 0 Å². The van der Waals surface area contributed by atoms with Crippen molar-refractivity contribution in [1.29, 1.82) is 0 Å². The van der Waals surface area contributed by atoms with Crippen molar-refractivity contribution in [1.82, 2.24) is 9.55 Å². The SMILES string of the molecule is COC(=O)[C@@H](OC(=O)c1sc2nc3n(c(=O)c2c1C)CCC3)C(C)C. The first-order valence-electron chi connectivity index (χ1n) is 8.16. The molecule has 1 aliphatic heterocycles. The maximum atomic E-state index is 12.7. The number of thiophene rings is 1. The topological polar surface area (TPSA) is 87.5 Å². The van der Waals surface area contributed by atoms with Gasteiger partial charge < -0.3 is 9.47 Å². The molecule has 0 aromatic carbocycles. The van der Waals surface area contributed by atoms with Gasteiger partial charge in [-0.1, -0.05) is 13.8 Å². The summed E-state index contributed by atoms with van der Waals surface area (Å²) in [6.07, 6.45) is 0.684. The van der Waals surface area contributed by atoms with Crippen LogP contribution >= 0.6 is 11.3 Å². The summed E-state index contributed by atoms with van der Waals surface area (Å²) in [6, 6.07) is 0. The van der Waals surface area contributed by atoms with Crippen molar-refractivity contribution in [2.24, 2.45) is 5.92 Å². The van der Waals surface area contributed by atoms with Gasteiger partial charge in [0.2, 0.25) is 6.10 Å². The normalized spacial score (nSPS) is 14.6. The number of hydrogen-bond donors (Lipinski definition) is 0. The van der Waals surface area contributed by atoms with Gasteiger partial charge in [-0.15, -0.1) is 11.3 Å². The molecule has 0 N–H and O–H groups in total. The summed E-state index contributed by atoms with van der Waals surface area (Å²) in [4.78, 5) is 42.4. The molecule has 134 valence electrons. The van der Waals surface area contributed by atoms with E-state index >= 15 is 0 Å². The third kappa shape index (κ3) is 2.95. The molecule has 8 heteroatoms. The number of carbonyl (C=O) groups excluding carboxylic acids is 2. The highest BCUT2D eigenvalue weighted by Gasteiger charge is 2.30. The average Bonchev–Trinajstić information content (AvgIpc) is 3.16. The monoisotopic (exact) mass is 364 g/mol. The molecular formula is C17H20N2O5S. The zero-order chi connectivity index (χ0) is 18.3. The lowest BCUT2D eigenvalue weighted by atomic mass is 10.1. The summed E-state index contributed by atoms with van der Waals surface area (Å²) in [5.74, 6) is -0.694. The highest BCUT2D eigenvalue weighted by molar-refractivity contribution is 7.20. The number of aryl methyl sites for hydroxylation is 2. The smallest absolute Gasteiger partial charge is 0.349 e. The second kappa shape index (κ2) is 6.59. The van der Waals surface area contributed by atoms with Crippen LogP contribution in [0.15, 0.2) is 4.79 Å². The van der Waals surface area contributed by atoms with E-state index in [1.165, 1.54) is 7.11 Å². The quantitative estimate of drug-likeness (QED) is 0.772. The van der Waals surface area contributed by atoms with E-state index in [1.54, 1.807) is 25.3 Å². The second-order valence-electron chi connectivity index (χ2n) is 6.42. The van der Waals surface area contributed by atoms with Gasteiger partial charge in [0.05, 0.1) is 12.5 Å². The van der Waals surface area contributed by atoms with Crippen LogP contribution < -0.4 is 5.56 Å². The molecule has 7 nitrogen and oxygen atoms in total. The van der Waals surface area contributed by atoms with Crippen LogP contribution in [0.2, 0.25) is 0 Å². The highest BCUT2D eigenvalue weighted by atomic mass is 32.1. The van der Waals surface area contributed by atoms with Crippen LogP contribution in [0.5, 0.6) is 0 Å². The van der Waals surface area contributed by atoms with Gasteiger partial charge in [0, 0.05) is 18.9 Å². The van der Waals surface area contributed by atoms with E-state index in [4.69, 9.17) is 9.47 Å². The second-order valence-corrected chi connectivity index (χ2v) is 7.42. The maximum Gasteiger partial charge on any atom is 0.349 e. The molecule has 0 unspecified atom stereocenters. The summed E-state index contributed by atoms with van der Waals surface area (Å²) in [5, 5.41) is 0.460. The largest absolute Gasteiger partial charge is 0.466 e. The van der Waals surface area contributed by atoms with E-state index in [-0.39, 0.29) is 11.5 Å². The summed E-state index contributed by atoms with van der Waals surface area (Å²) in [6.45, 7) is 5.91. The molecule has 0 fully saturated rings. The summed E-state index contributed by atoms with van der Waals surface area (Å²) in [5.41, 5.74) is 0.441. The van der Waals surface area contributed by atoms with Crippen molar-refractivity contribution < 1.29 is 19.1 Å². The molecule has 0 saturated heterocycles. The number of aromatic nitrogens is 2. The molecule has 3 rings (SSSR count). The first kappa shape index (κ1) is 17.6. The van der Waals surface area contributed by atoms with Gasteiger partial charge in [-0.2, -0.15) is 0 Å². The van der Waals surface area contributed by atoms with Crippen LogP contribution in [-0.4, -0.2) is 34.7 Å². The van der Waals surface area contributed by atoms with Crippen molar-refractivity contribution in [3.63, 3.8) is 0 Å². The fraction of sp³-hybridized carbons (Fsp3) is 0.529. The van der Waals surface area contributed by atoms with Crippen LogP contribution in [0, 0.1) is 12.8 Å². The number of rotatable bonds is 4. The van der Waals surface area contributed by atoms with Gasteiger partial charge in [0.25, 0.3) is 5.56 Å². The number of ether oxygens (including phenoxy) is 2. The minimum atomic E-state index is -0.985. The standard InChI is InChI=1S/C17H20N2O5S/c1-8(2)12(16(21)23-4)24-17(22)13-9(3)11-14(25-13)18-10-6-5-7-19(10)15(11)20/h8,12H,5-7H2,1-4H3/t12-/m0/s1. The molecule has 25 heavy (non-hydrogen) atoms. The molecule has 0 saturated carbocycles. The van der Waals surface area contributed by atoms with Crippen LogP contribution in [0.25, 0.3) is 10.2 Å². The lowest BCUT2D eigenvalue weighted by Crippen LogP contribution is -2.33. The fourth-order valence-electron chi connectivity index (χ4n) is 3.01. The zero-order valence-electron chi connectivity index (χ0n) is 14.6. The molecule has 0 radical (unpaired) electrons. The zero-order valence-corrected chi connectivity index (χ0v) is 15.4. The first-order chi connectivity index (χ1) is 11.8. The van der Waals surface area contributed by atoms with Crippen molar-refractivity contribution in [3.8, 4) is 0 Å². The minimum Gasteiger partial charge on any atom is -0.466 e. The Morgan fingerprint density at radius 3 is 2.68 bits per heavy atom. The number of esters is 2. The van der Waals surface area contributed by atoms with E-state index in [9.17, 15) is 14.4 Å². The molecule has 3 heterocycles. The maximum absolute atomic E-state index is 12.7. The third-order valence-electron chi connectivity index (χ3n) is 4.37. The Kier molecular flexibility index (Phi) is 4.64. The third-order valence-corrected chi connectivity index (χ3v) is 5.54. The van der Waals surface area contributed by atoms with Crippen molar-refractivity contribution in [3.05, 3.63) is 26.6 Å². The Bertz CT molecular complexity index is 912. The van der Waals surface area contributed by atoms with E-state index in [0.29, 0.717) is 27.2 Å². The van der Waals surface area contributed by atoms with Gasteiger partial charge in [-0.3, -0.25) is 9.36 Å². The molecule has 0 spiro atoms. The van der Waals surface area contributed by atoms with Crippen molar-refractivity contribution in [2.75, 3.05) is 7.11 Å². The van der Waals surface area contributed by atoms with Gasteiger partial charge in [0.15, 0.2) is 0 Å². The van der Waals surface area contributed by atoms with E-state index in [0.717, 1.165) is 30.0 Å². The summed E-state index contributed by atoms with van der Waals surface area (Å²) >= 11 is 1.13. The number of carbonyl (C=O) groups is 2. The van der Waals surface area contributed by atoms with Crippen LogP contribution in [-0.2, 0) is 27.2 Å². The fourth-order valence-corrected chi connectivity index (χ4v) is 4.08. The number of methoxy groups -OCH3 is 1. The molecular weight excluding hydrogens is 344 g/mol. The predicted molar refractivity (Wildman–Crippen MR) is 93.0 cm³/mol. The van der Waals surface area contributed by atoms with E-state index in [2.05, 4.69) is 4.98 Å². The Morgan fingerprint density at radius 1 is 1.32 bits per heavy atom. The summed E-state index contributed by atoms with van der Waals surface area (Å²) < 4.78 is 11.7. The van der Waals surface area contributed by atoms with E-state index < -0.39 is 18.0 Å². The predicted octanol–water partition coefficient (Wildman–Crippen LogP) is 2.07. The Labute approximate surface area is 148 Å². The van der Waals surface area contributed by atoms with Gasteiger partial charge >= 0.3 is 11.9 Å². The molecule has 1 aliphatic rings. The molecule has 0 aliphatic carbocycles. The summed E-state index contributed by atoms with van der Waals surface area (Å²) in [7, 11) is 1.25. The molecule has 0 amide bonds.